The number of halogens is 1. The molecule has 1 aromatic carbocycles. The summed E-state index contributed by atoms with van der Waals surface area (Å²) in [4.78, 5) is 0. The van der Waals surface area contributed by atoms with Gasteiger partial charge in [-0.1, -0.05) is 17.7 Å². The first-order valence-electron chi connectivity index (χ1n) is 5.55. The summed E-state index contributed by atoms with van der Waals surface area (Å²) in [6.45, 7) is 5.61. The Morgan fingerprint density at radius 1 is 1.29 bits per heavy atom. The topological polar surface area (TPSA) is 30.5 Å². The van der Waals surface area contributed by atoms with E-state index in [0.717, 1.165) is 12.1 Å². The van der Waals surface area contributed by atoms with Gasteiger partial charge in [-0.3, -0.25) is 0 Å². The Balaban J connectivity index is 2.61. The number of methoxy groups -OCH3 is 2. The first-order valence-corrected chi connectivity index (χ1v) is 5.92. The van der Waals surface area contributed by atoms with E-state index in [1.807, 2.05) is 18.2 Å². The average molecular weight is 258 g/mol. The summed E-state index contributed by atoms with van der Waals surface area (Å²) in [5, 5.41) is 4.05. The molecule has 0 amide bonds. The minimum atomic E-state index is -0.0544. The summed E-state index contributed by atoms with van der Waals surface area (Å²) in [6, 6.07) is 5.79. The normalized spacial score (nSPS) is 11.6. The minimum absolute atomic E-state index is 0.0544. The van der Waals surface area contributed by atoms with E-state index >= 15 is 0 Å². The summed E-state index contributed by atoms with van der Waals surface area (Å²) in [6.07, 6.45) is 0. The maximum Gasteiger partial charge on any atom is 0.137 e. The lowest BCUT2D eigenvalue weighted by Gasteiger charge is -2.25. The monoisotopic (exact) mass is 257 g/mol. The molecule has 0 aliphatic heterocycles. The Kier molecular flexibility index (Phi) is 5.25. The van der Waals surface area contributed by atoms with Crippen LogP contribution in [0.4, 0.5) is 0 Å². The number of nitrogens with one attached hydrogen (secondary N) is 1. The summed E-state index contributed by atoms with van der Waals surface area (Å²) in [7, 11) is 3.31. The molecular weight excluding hydrogens is 238 g/mol. The first-order chi connectivity index (χ1) is 7.98. The third kappa shape index (κ3) is 4.54. The zero-order valence-corrected chi connectivity index (χ0v) is 11.6. The molecule has 0 aliphatic carbocycles. The molecule has 0 fully saturated rings. The van der Waals surface area contributed by atoms with Gasteiger partial charge in [0.05, 0.1) is 18.7 Å². The molecule has 0 atom stereocenters. The first kappa shape index (κ1) is 14.3. The van der Waals surface area contributed by atoms with Gasteiger partial charge >= 0.3 is 0 Å². The van der Waals surface area contributed by atoms with Crippen molar-refractivity contribution < 1.29 is 9.47 Å². The van der Waals surface area contributed by atoms with Gasteiger partial charge in [0.25, 0.3) is 0 Å². The lowest BCUT2D eigenvalue weighted by Crippen LogP contribution is -2.42. The number of hydrogen-bond donors (Lipinski definition) is 1. The fourth-order valence-corrected chi connectivity index (χ4v) is 1.85. The van der Waals surface area contributed by atoms with Gasteiger partial charge < -0.3 is 14.8 Å². The van der Waals surface area contributed by atoms with Crippen LogP contribution in [0, 0.1) is 0 Å². The summed E-state index contributed by atoms with van der Waals surface area (Å²) in [5.74, 6) is 0.701. The molecule has 3 nitrogen and oxygen atoms in total. The Morgan fingerprint density at radius 3 is 2.53 bits per heavy atom. The van der Waals surface area contributed by atoms with E-state index in [1.54, 1.807) is 14.2 Å². The number of benzene rings is 1. The van der Waals surface area contributed by atoms with Crippen LogP contribution in [0.1, 0.15) is 19.4 Å². The molecule has 1 N–H and O–H groups in total. The molecule has 96 valence electrons. The molecule has 17 heavy (non-hydrogen) atoms. The SMILES string of the molecule is COCC(C)(C)NCc1ccc(OC)c(Cl)c1. The third-order valence-corrected chi connectivity index (χ3v) is 2.79. The average Bonchev–Trinajstić information content (AvgIpc) is 2.27. The van der Waals surface area contributed by atoms with E-state index < -0.39 is 0 Å². The van der Waals surface area contributed by atoms with Crippen LogP contribution in [0.5, 0.6) is 5.75 Å². The van der Waals surface area contributed by atoms with Crippen molar-refractivity contribution in [1.29, 1.82) is 0 Å². The molecule has 1 aromatic rings. The second kappa shape index (κ2) is 6.24. The standard InChI is InChI=1S/C13H20ClNO2/c1-13(2,9-16-3)15-8-10-5-6-12(17-4)11(14)7-10/h5-7,15H,8-9H2,1-4H3. The predicted molar refractivity (Wildman–Crippen MR) is 70.8 cm³/mol. The molecule has 0 aromatic heterocycles. The molecule has 0 unspecified atom stereocenters. The number of rotatable bonds is 6. The van der Waals surface area contributed by atoms with Gasteiger partial charge in [0, 0.05) is 19.2 Å². The van der Waals surface area contributed by atoms with E-state index in [-0.39, 0.29) is 5.54 Å². The smallest absolute Gasteiger partial charge is 0.137 e. The van der Waals surface area contributed by atoms with Crippen molar-refractivity contribution in [3.63, 3.8) is 0 Å². The predicted octanol–water partition coefficient (Wildman–Crippen LogP) is 2.86. The van der Waals surface area contributed by atoms with Gasteiger partial charge in [0.1, 0.15) is 5.75 Å². The van der Waals surface area contributed by atoms with Crippen molar-refractivity contribution in [2.75, 3.05) is 20.8 Å². The fraction of sp³-hybridized carbons (Fsp3) is 0.538. The second-order valence-corrected chi connectivity index (χ2v) is 5.05. The molecule has 0 aliphatic rings. The fourth-order valence-electron chi connectivity index (χ4n) is 1.57. The summed E-state index contributed by atoms with van der Waals surface area (Å²) in [5.41, 5.74) is 1.07. The van der Waals surface area contributed by atoms with Crippen molar-refractivity contribution in [1.82, 2.24) is 5.32 Å². The molecule has 4 heteroatoms. The van der Waals surface area contributed by atoms with Gasteiger partial charge in [0.2, 0.25) is 0 Å². The van der Waals surface area contributed by atoms with Crippen LogP contribution in [-0.4, -0.2) is 26.4 Å². The summed E-state index contributed by atoms with van der Waals surface area (Å²) >= 11 is 6.06. The number of hydrogen-bond acceptors (Lipinski definition) is 3. The molecule has 0 spiro atoms. The molecular formula is C13H20ClNO2. The van der Waals surface area contributed by atoms with Crippen molar-refractivity contribution >= 4 is 11.6 Å². The molecule has 0 bridgehead atoms. The zero-order valence-electron chi connectivity index (χ0n) is 10.8. The lowest BCUT2D eigenvalue weighted by atomic mass is 10.1. The van der Waals surface area contributed by atoms with Crippen LogP contribution < -0.4 is 10.1 Å². The minimum Gasteiger partial charge on any atom is -0.495 e. The zero-order chi connectivity index (χ0) is 12.9. The largest absolute Gasteiger partial charge is 0.495 e. The quantitative estimate of drug-likeness (QED) is 0.850. The highest BCUT2D eigenvalue weighted by atomic mass is 35.5. The van der Waals surface area contributed by atoms with E-state index in [2.05, 4.69) is 19.2 Å². The maximum absolute atomic E-state index is 6.06. The van der Waals surface area contributed by atoms with Crippen molar-refractivity contribution in [3.05, 3.63) is 28.8 Å². The lowest BCUT2D eigenvalue weighted by molar-refractivity contribution is 0.128. The molecule has 0 saturated carbocycles. The molecule has 0 radical (unpaired) electrons. The van der Waals surface area contributed by atoms with Crippen LogP contribution >= 0.6 is 11.6 Å². The Bertz CT molecular complexity index is 366. The van der Waals surface area contributed by atoms with Crippen molar-refractivity contribution in [2.24, 2.45) is 0 Å². The van der Waals surface area contributed by atoms with Crippen LogP contribution in [0.3, 0.4) is 0 Å². The molecule has 1 rings (SSSR count). The number of ether oxygens (including phenoxy) is 2. The third-order valence-electron chi connectivity index (χ3n) is 2.49. The van der Waals surface area contributed by atoms with Crippen LogP contribution in [0.2, 0.25) is 5.02 Å². The van der Waals surface area contributed by atoms with Gasteiger partial charge in [-0.15, -0.1) is 0 Å². The summed E-state index contributed by atoms with van der Waals surface area (Å²) < 4.78 is 10.3. The van der Waals surface area contributed by atoms with E-state index in [4.69, 9.17) is 21.1 Å². The van der Waals surface area contributed by atoms with E-state index in [0.29, 0.717) is 17.4 Å². The van der Waals surface area contributed by atoms with Gasteiger partial charge in [-0.25, -0.2) is 0 Å². The highest BCUT2D eigenvalue weighted by Gasteiger charge is 2.16. The Morgan fingerprint density at radius 2 is 2.00 bits per heavy atom. The highest BCUT2D eigenvalue weighted by molar-refractivity contribution is 6.32. The van der Waals surface area contributed by atoms with Crippen LogP contribution in [0.15, 0.2) is 18.2 Å². The van der Waals surface area contributed by atoms with Crippen molar-refractivity contribution in [3.8, 4) is 5.75 Å². The van der Waals surface area contributed by atoms with E-state index in [1.165, 1.54) is 0 Å². The van der Waals surface area contributed by atoms with Gasteiger partial charge in [-0.2, -0.15) is 0 Å². The molecule has 0 heterocycles. The highest BCUT2D eigenvalue weighted by Crippen LogP contribution is 2.25. The van der Waals surface area contributed by atoms with Crippen LogP contribution in [-0.2, 0) is 11.3 Å². The van der Waals surface area contributed by atoms with Crippen molar-refractivity contribution in [2.45, 2.75) is 25.9 Å². The van der Waals surface area contributed by atoms with Gasteiger partial charge in [0.15, 0.2) is 0 Å². The van der Waals surface area contributed by atoms with Gasteiger partial charge in [-0.05, 0) is 31.5 Å². The maximum atomic E-state index is 6.06. The van der Waals surface area contributed by atoms with Crippen LogP contribution in [0.25, 0.3) is 0 Å². The molecule has 0 saturated heterocycles. The Hall–Kier alpha value is -0.770. The Labute approximate surface area is 108 Å². The second-order valence-electron chi connectivity index (χ2n) is 4.64. The van der Waals surface area contributed by atoms with E-state index in [9.17, 15) is 0 Å².